The van der Waals surface area contributed by atoms with Crippen molar-refractivity contribution in [3.8, 4) is 0 Å². The summed E-state index contributed by atoms with van der Waals surface area (Å²) in [6.07, 6.45) is 3.17. The summed E-state index contributed by atoms with van der Waals surface area (Å²) in [5.74, 6) is 0. The molecule has 1 aromatic rings. The standard InChI is InChI=1S/C13H25N3O3S/c1-3-7-19-8-5-6-16-20(17,18)13-9-12(15-11-13)10-14-4-2/h9,11,14-16H,3-8,10H2,1-2H3. The fourth-order valence-electron chi connectivity index (χ4n) is 1.65. The Balaban J connectivity index is 2.38. The topological polar surface area (TPSA) is 83.2 Å². The Hall–Kier alpha value is -0.890. The predicted octanol–water partition coefficient (Wildman–Crippen LogP) is 1.22. The molecule has 1 aromatic heterocycles. The van der Waals surface area contributed by atoms with Gasteiger partial charge in [0.1, 0.15) is 0 Å². The number of aromatic amines is 1. The van der Waals surface area contributed by atoms with Crippen LogP contribution < -0.4 is 10.0 Å². The van der Waals surface area contributed by atoms with Gasteiger partial charge in [-0.1, -0.05) is 13.8 Å². The first-order valence-corrected chi connectivity index (χ1v) is 8.54. The number of H-pyrrole nitrogens is 1. The van der Waals surface area contributed by atoms with Crippen molar-refractivity contribution < 1.29 is 13.2 Å². The first-order chi connectivity index (χ1) is 9.60. The zero-order valence-corrected chi connectivity index (χ0v) is 13.1. The molecule has 0 aliphatic heterocycles. The van der Waals surface area contributed by atoms with Gasteiger partial charge in [0.2, 0.25) is 10.0 Å². The average Bonchev–Trinajstić information content (AvgIpc) is 2.90. The fraction of sp³-hybridized carbons (Fsp3) is 0.692. The van der Waals surface area contributed by atoms with Crippen LogP contribution in [-0.2, 0) is 21.3 Å². The van der Waals surface area contributed by atoms with Crippen LogP contribution in [0.25, 0.3) is 0 Å². The molecule has 0 unspecified atom stereocenters. The van der Waals surface area contributed by atoms with Gasteiger partial charge in [-0.3, -0.25) is 0 Å². The van der Waals surface area contributed by atoms with Crippen LogP contribution in [0.3, 0.4) is 0 Å². The molecule has 6 nitrogen and oxygen atoms in total. The van der Waals surface area contributed by atoms with Crippen LogP contribution in [0.4, 0.5) is 0 Å². The first kappa shape index (κ1) is 17.2. The Kier molecular flexibility index (Phi) is 7.83. The van der Waals surface area contributed by atoms with Crippen molar-refractivity contribution in [1.29, 1.82) is 0 Å². The second-order valence-electron chi connectivity index (χ2n) is 4.50. The van der Waals surface area contributed by atoms with Crippen LogP contribution >= 0.6 is 0 Å². The maximum absolute atomic E-state index is 12.0. The smallest absolute Gasteiger partial charge is 0.242 e. The largest absolute Gasteiger partial charge is 0.381 e. The summed E-state index contributed by atoms with van der Waals surface area (Å²) >= 11 is 0. The fourth-order valence-corrected chi connectivity index (χ4v) is 2.74. The number of ether oxygens (including phenoxy) is 1. The SMILES string of the molecule is CCCOCCCNS(=O)(=O)c1c[nH]c(CNCC)c1. The lowest BCUT2D eigenvalue weighted by Crippen LogP contribution is -2.25. The van der Waals surface area contributed by atoms with Gasteiger partial charge in [-0.25, -0.2) is 13.1 Å². The van der Waals surface area contributed by atoms with Crippen LogP contribution in [0, 0.1) is 0 Å². The number of nitrogens with one attached hydrogen (secondary N) is 3. The quantitative estimate of drug-likeness (QED) is 0.537. The van der Waals surface area contributed by atoms with E-state index in [1.807, 2.05) is 13.8 Å². The molecule has 0 aromatic carbocycles. The molecule has 20 heavy (non-hydrogen) atoms. The second-order valence-corrected chi connectivity index (χ2v) is 6.27. The molecular formula is C13H25N3O3S. The number of hydrogen-bond donors (Lipinski definition) is 3. The van der Waals surface area contributed by atoms with E-state index in [4.69, 9.17) is 4.74 Å². The van der Waals surface area contributed by atoms with E-state index in [1.54, 1.807) is 6.07 Å². The van der Waals surface area contributed by atoms with Crippen LogP contribution in [0.5, 0.6) is 0 Å². The van der Waals surface area contributed by atoms with E-state index in [0.717, 1.165) is 25.3 Å². The third-order valence-electron chi connectivity index (χ3n) is 2.70. The van der Waals surface area contributed by atoms with Gasteiger partial charge in [0.05, 0.1) is 4.90 Å². The molecule has 0 aliphatic carbocycles. The molecule has 0 atom stereocenters. The van der Waals surface area contributed by atoms with E-state index in [9.17, 15) is 8.42 Å². The number of aromatic nitrogens is 1. The molecule has 1 heterocycles. The molecule has 0 fully saturated rings. The molecule has 116 valence electrons. The van der Waals surface area contributed by atoms with Crippen molar-refractivity contribution >= 4 is 10.0 Å². The van der Waals surface area contributed by atoms with Crippen molar-refractivity contribution in [3.63, 3.8) is 0 Å². The number of hydrogen-bond acceptors (Lipinski definition) is 4. The third-order valence-corrected chi connectivity index (χ3v) is 4.14. The monoisotopic (exact) mass is 303 g/mol. The van der Waals surface area contributed by atoms with E-state index in [1.165, 1.54) is 6.20 Å². The number of sulfonamides is 1. The minimum absolute atomic E-state index is 0.278. The third kappa shape index (κ3) is 6.04. The minimum atomic E-state index is -3.42. The molecule has 3 N–H and O–H groups in total. The van der Waals surface area contributed by atoms with E-state index in [2.05, 4.69) is 15.0 Å². The van der Waals surface area contributed by atoms with Gasteiger partial charge in [-0.15, -0.1) is 0 Å². The molecule has 0 saturated heterocycles. The van der Waals surface area contributed by atoms with Crippen LogP contribution in [0.2, 0.25) is 0 Å². The lowest BCUT2D eigenvalue weighted by Gasteiger charge is -2.05. The van der Waals surface area contributed by atoms with Gasteiger partial charge in [0, 0.05) is 38.2 Å². The van der Waals surface area contributed by atoms with Crippen LogP contribution in [0.15, 0.2) is 17.2 Å². The lowest BCUT2D eigenvalue weighted by molar-refractivity contribution is 0.133. The predicted molar refractivity (Wildman–Crippen MR) is 79.1 cm³/mol. The van der Waals surface area contributed by atoms with Crippen molar-refractivity contribution in [2.24, 2.45) is 0 Å². The molecule has 0 bridgehead atoms. The molecule has 1 rings (SSSR count). The Bertz CT molecular complexity index is 471. The van der Waals surface area contributed by atoms with E-state index in [-0.39, 0.29) is 4.90 Å². The van der Waals surface area contributed by atoms with Crippen molar-refractivity contribution in [2.75, 3.05) is 26.3 Å². The molecular weight excluding hydrogens is 278 g/mol. The molecule has 0 radical (unpaired) electrons. The summed E-state index contributed by atoms with van der Waals surface area (Å²) in [7, 11) is -3.42. The van der Waals surface area contributed by atoms with Gasteiger partial charge in [-0.2, -0.15) is 0 Å². The Morgan fingerprint density at radius 2 is 2.10 bits per heavy atom. The van der Waals surface area contributed by atoms with Crippen molar-refractivity contribution in [1.82, 2.24) is 15.0 Å². The lowest BCUT2D eigenvalue weighted by atomic mass is 10.4. The highest BCUT2D eigenvalue weighted by Crippen LogP contribution is 2.10. The minimum Gasteiger partial charge on any atom is -0.381 e. The maximum Gasteiger partial charge on any atom is 0.242 e. The highest BCUT2D eigenvalue weighted by Gasteiger charge is 2.15. The van der Waals surface area contributed by atoms with Crippen molar-refractivity contribution in [3.05, 3.63) is 18.0 Å². The summed E-state index contributed by atoms with van der Waals surface area (Å²) in [5, 5.41) is 3.14. The normalized spacial score (nSPS) is 11.9. The van der Waals surface area contributed by atoms with Crippen LogP contribution in [-0.4, -0.2) is 39.7 Å². The van der Waals surface area contributed by atoms with Crippen molar-refractivity contribution in [2.45, 2.75) is 38.1 Å². The average molecular weight is 303 g/mol. The zero-order valence-electron chi connectivity index (χ0n) is 12.2. The summed E-state index contributed by atoms with van der Waals surface area (Å²) in [4.78, 5) is 3.24. The molecule has 0 amide bonds. The summed E-state index contributed by atoms with van der Waals surface area (Å²) in [6, 6.07) is 1.65. The summed E-state index contributed by atoms with van der Waals surface area (Å²) < 4.78 is 31.9. The Morgan fingerprint density at radius 1 is 1.30 bits per heavy atom. The molecule has 0 spiro atoms. The van der Waals surface area contributed by atoms with Gasteiger partial charge in [0.15, 0.2) is 0 Å². The van der Waals surface area contributed by atoms with E-state index in [0.29, 0.717) is 26.1 Å². The van der Waals surface area contributed by atoms with Crippen LogP contribution in [0.1, 0.15) is 32.4 Å². The Labute approximate surface area is 121 Å². The highest BCUT2D eigenvalue weighted by molar-refractivity contribution is 7.89. The Morgan fingerprint density at radius 3 is 2.80 bits per heavy atom. The van der Waals surface area contributed by atoms with Gasteiger partial charge >= 0.3 is 0 Å². The number of rotatable bonds is 11. The molecule has 0 aliphatic rings. The highest BCUT2D eigenvalue weighted by atomic mass is 32.2. The van der Waals surface area contributed by atoms with E-state index < -0.39 is 10.0 Å². The maximum atomic E-state index is 12.0. The molecule has 7 heteroatoms. The summed E-state index contributed by atoms with van der Waals surface area (Å²) in [6.45, 7) is 7.21. The van der Waals surface area contributed by atoms with E-state index >= 15 is 0 Å². The van der Waals surface area contributed by atoms with Gasteiger partial charge < -0.3 is 15.0 Å². The first-order valence-electron chi connectivity index (χ1n) is 7.05. The zero-order chi connectivity index (χ0) is 14.8. The second kappa shape index (κ2) is 9.12. The molecule has 0 saturated carbocycles. The summed E-state index contributed by atoms with van der Waals surface area (Å²) in [5.41, 5.74) is 0.860. The van der Waals surface area contributed by atoms with Gasteiger partial charge in [-0.05, 0) is 25.5 Å². The van der Waals surface area contributed by atoms with Gasteiger partial charge in [0.25, 0.3) is 0 Å².